The number of hydrogen-bond acceptors (Lipinski definition) is 5. The van der Waals surface area contributed by atoms with Gasteiger partial charge < -0.3 is 15.3 Å². The molecule has 2 amide bonds. The standard InChI is InChI=1S/C15H20N4O5S/c1-25(23,24)18-12-3-2-10(9-16-12)17-13(20)11-8-15(11)4-6-19(7-5-15)14(21)22/h2-3,9,11H,4-8H2,1H3,(H,16,18)(H,17,20)(H,21,22). The predicted molar refractivity (Wildman–Crippen MR) is 90.7 cm³/mol. The van der Waals surface area contributed by atoms with E-state index in [9.17, 15) is 18.0 Å². The Kier molecular flexibility index (Phi) is 4.31. The molecule has 1 aromatic heterocycles. The zero-order chi connectivity index (χ0) is 18.2. The van der Waals surface area contributed by atoms with Gasteiger partial charge in [-0.25, -0.2) is 18.2 Å². The molecule has 1 spiro atoms. The van der Waals surface area contributed by atoms with Crippen molar-refractivity contribution in [1.82, 2.24) is 9.88 Å². The van der Waals surface area contributed by atoms with Crippen LogP contribution in [-0.4, -0.2) is 54.8 Å². The van der Waals surface area contributed by atoms with Crippen LogP contribution in [0, 0.1) is 11.3 Å². The summed E-state index contributed by atoms with van der Waals surface area (Å²) in [5.74, 6) is -0.0314. The summed E-state index contributed by atoms with van der Waals surface area (Å²) in [5.41, 5.74) is 0.412. The largest absolute Gasteiger partial charge is 0.465 e. The number of piperidine rings is 1. The van der Waals surface area contributed by atoms with Gasteiger partial charge in [0, 0.05) is 19.0 Å². The molecular formula is C15H20N4O5S. The lowest BCUT2D eigenvalue weighted by atomic mass is 9.91. The van der Waals surface area contributed by atoms with Crippen molar-refractivity contribution in [2.75, 3.05) is 29.4 Å². The first-order chi connectivity index (χ1) is 11.7. The number of hydrogen-bond donors (Lipinski definition) is 3. The summed E-state index contributed by atoms with van der Waals surface area (Å²) in [7, 11) is -3.39. The van der Waals surface area contributed by atoms with Crippen LogP contribution in [0.3, 0.4) is 0 Å². The quantitative estimate of drug-likeness (QED) is 0.732. The number of rotatable bonds is 4. The molecule has 136 valence electrons. The van der Waals surface area contributed by atoms with Gasteiger partial charge in [0.15, 0.2) is 0 Å². The van der Waals surface area contributed by atoms with Crippen LogP contribution in [-0.2, 0) is 14.8 Å². The molecule has 1 aliphatic heterocycles. The Morgan fingerprint density at radius 3 is 2.52 bits per heavy atom. The average Bonchev–Trinajstić information content (AvgIpc) is 3.22. The molecule has 3 N–H and O–H groups in total. The minimum Gasteiger partial charge on any atom is -0.465 e. The highest BCUT2D eigenvalue weighted by atomic mass is 32.2. The van der Waals surface area contributed by atoms with Gasteiger partial charge in [-0.15, -0.1) is 0 Å². The van der Waals surface area contributed by atoms with E-state index in [-0.39, 0.29) is 23.1 Å². The molecule has 1 saturated heterocycles. The van der Waals surface area contributed by atoms with Gasteiger partial charge in [-0.05, 0) is 36.8 Å². The topological polar surface area (TPSA) is 129 Å². The first-order valence-electron chi connectivity index (χ1n) is 7.91. The molecule has 1 atom stereocenters. The van der Waals surface area contributed by atoms with E-state index in [0.717, 1.165) is 12.7 Å². The number of pyridine rings is 1. The van der Waals surface area contributed by atoms with Crippen molar-refractivity contribution < 1.29 is 23.1 Å². The van der Waals surface area contributed by atoms with Crippen molar-refractivity contribution in [2.24, 2.45) is 11.3 Å². The summed E-state index contributed by atoms with van der Waals surface area (Å²) in [6, 6.07) is 3.06. The van der Waals surface area contributed by atoms with E-state index in [0.29, 0.717) is 31.6 Å². The summed E-state index contributed by atoms with van der Waals surface area (Å²) in [5, 5.41) is 11.8. The van der Waals surface area contributed by atoms with Gasteiger partial charge in [-0.2, -0.15) is 0 Å². The van der Waals surface area contributed by atoms with Gasteiger partial charge in [0.1, 0.15) is 5.82 Å². The van der Waals surface area contributed by atoms with Crippen molar-refractivity contribution in [3.63, 3.8) is 0 Å². The molecule has 1 aliphatic carbocycles. The molecule has 1 aromatic rings. The monoisotopic (exact) mass is 368 g/mol. The summed E-state index contributed by atoms with van der Waals surface area (Å²) in [4.78, 5) is 28.7. The van der Waals surface area contributed by atoms with Gasteiger partial charge in [0.2, 0.25) is 15.9 Å². The zero-order valence-corrected chi connectivity index (χ0v) is 14.5. The van der Waals surface area contributed by atoms with Crippen molar-refractivity contribution in [3.8, 4) is 0 Å². The maximum atomic E-state index is 12.4. The third-order valence-corrected chi connectivity index (χ3v) is 5.44. The lowest BCUT2D eigenvalue weighted by Crippen LogP contribution is -2.39. The molecule has 25 heavy (non-hydrogen) atoms. The summed E-state index contributed by atoms with van der Waals surface area (Å²) >= 11 is 0. The van der Waals surface area contributed by atoms with E-state index >= 15 is 0 Å². The Morgan fingerprint density at radius 2 is 2.00 bits per heavy atom. The number of carbonyl (C=O) groups is 2. The number of amides is 2. The van der Waals surface area contributed by atoms with E-state index in [2.05, 4.69) is 15.0 Å². The lowest BCUT2D eigenvalue weighted by molar-refractivity contribution is -0.118. The molecule has 2 fully saturated rings. The molecule has 3 rings (SSSR count). The zero-order valence-electron chi connectivity index (χ0n) is 13.7. The fourth-order valence-corrected chi connectivity index (χ4v) is 3.86. The molecule has 0 aromatic carbocycles. The van der Waals surface area contributed by atoms with Gasteiger partial charge in [0.25, 0.3) is 0 Å². The van der Waals surface area contributed by atoms with E-state index < -0.39 is 16.1 Å². The van der Waals surface area contributed by atoms with Crippen LogP contribution in [0.1, 0.15) is 19.3 Å². The fraction of sp³-hybridized carbons (Fsp3) is 0.533. The second kappa shape index (κ2) is 6.17. The molecule has 1 saturated carbocycles. The van der Waals surface area contributed by atoms with Crippen LogP contribution < -0.4 is 10.0 Å². The average molecular weight is 368 g/mol. The van der Waals surface area contributed by atoms with Crippen LogP contribution in [0.2, 0.25) is 0 Å². The maximum Gasteiger partial charge on any atom is 0.407 e. The Hall–Kier alpha value is -2.36. The molecule has 0 radical (unpaired) electrons. The van der Waals surface area contributed by atoms with Crippen molar-refractivity contribution in [2.45, 2.75) is 19.3 Å². The normalized spacial score (nSPS) is 21.6. The summed E-state index contributed by atoms with van der Waals surface area (Å²) in [6.07, 6.45) is 3.69. The summed E-state index contributed by atoms with van der Waals surface area (Å²) in [6.45, 7) is 0.930. The highest BCUT2D eigenvalue weighted by Gasteiger charge is 2.58. The lowest BCUT2D eigenvalue weighted by Gasteiger charge is -2.30. The number of nitrogens with one attached hydrogen (secondary N) is 2. The molecule has 1 unspecified atom stereocenters. The second-order valence-corrected chi connectivity index (χ2v) is 8.43. The Bertz CT molecular complexity index is 785. The maximum absolute atomic E-state index is 12.4. The van der Waals surface area contributed by atoms with Crippen LogP contribution in [0.15, 0.2) is 18.3 Å². The van der Waals surface area contributed by atoms with E-state index in [1.54, 1.807) is 6.07 Å². The number of likely N-dealkylation sites (tertiary alicyclic amines) is 1. The minimum absolute atomic E-state index is 0.0821. The third-order valence-electron chi connectivity index (χ3n) is 4.86. The highest BCUT2D eigenvalue weighted by molar-refractivity contribution is 7.92. The van der Waals surface area contributed by atoms with Crippen molar-refractivity contribution >= 4 is 33.5 Å². The number of nitrogens with zero attached hydrogens (tertiary/aromatic N) is 2. The van der Waals surface area contributed by atoms with Gasteiger partial charge in [0.05, 0.1) is 18.1 Å². The van der Waals surface area contributed by atoms with Crippen LogP contribution >= 0.6 is 0 Å². The van der Waals surface area contributed by atoms with Crippen molar-refractivity contribution in [1.29, 1.82) is 0 Å². The summed E-state index contributed by atoms with van der Waals surface area (Å²) < 4.78 is 24.5. The Labute approximate surface area is 145 Å². The number of carbonyl (C=O) groups excluding carboxylic acids is 1. The first kappa shape index (κ1) is 17.5. The fourth-order valence-electron chi connectivity index (χ4n) is 3.36. The van der Waals surface area contributed by atoms with Crippen molar-refractivity contribution in [3.05, 3.63) is 18.3 Å². The van der Waals surface area contributed by atoms with E-state index in [4.69, 9.17) is 5.11 Å². The number of anilines is 2. The van der Waals surface area contributed by atoms with E-state index in [1.165, 1.54) is 17.2 Å². The second-order valence-electron chi connectivity index (χ2n) is 6.68. The minimum atomic E-state index is -3.39. The molecule has 10 heteroatoms. The van der Waals surface area contributed by atoms with Crippen LogP contribution in [0.5, 0.6) is 0 Å². The predicted octanol–water partition coefficient (Wildman–Crippen LogP) is 1.17. The smallest absolute Gasteiger partial charge is 0.407 e. The molecule has 0 bridgehead atoms. The van der Waals surface area contributed by atoms with Gasteiger partial charge >= 0.3 is 6.09 Å². The van der Waals surface area contributed by atoms with Gasteiger partial charge in [-0.1, -0.05) is 0 Å². The highest BCUT2D eigenvalue weighted by Crippen LogP contribution is 2.59. The molecule has 9 nitrogen and oxygen atoms in total. The van der Waals surface area contributed by atoms with Crippen LogP contribution in [0.4, 0.5) is 16.3 Å². The van der Waals surface area contributed by atoms with E-state index in [1.807, 2.05) is 0 Å². The number of aromatic nitrogens is 1. The third kappa shape index (κ3) is 4.01. The Morgan fingerprint density at radius 1 is 1.32 bits per heavy atom. The number of sulfonamides is 1. The van der Waals surface area contributed by atoms with Crippen LogP contribution in [0.25, 0.3) is 0 Å². The molecule has 2 aliphatic rings. The Balaban J connectivity index is 1.55. The van der Waals surface area contributed by atoms with Gasteiger partial charge in [-0.3, -0.25) is 9.52 Å². The molecule has 2 heterocycles. The first-order valence-corrected chi connectivity index (χ1v) is 9.80. The molecular weight excluding hydrogens is 348 g/mol. The SMILES string of the molecule is CS(=O)(=O)Nc1ccc(NC(=O)C2CC23CCN(C(=O)O)CC3)cn1. The number of carboxylic acid groups (broad SMARTS) is 1.